The number of amides is 5. The fraction of sp³-hybridized carbons (Fsp3) is 0.522. The van der Waals surface area contributed by atoms with Gasteiger partial charge < -0.3 is 64.5 Å². The van der Waals surface area contributed by atoms with Crippen molar-refractivity contribution in [3.63, 3.8) is 0 Å². The lowest BCUT2D eigenvalue weighted by Crippen LogP contribution is -2.54. The Morgan fingerprint density at radius 1 is 0.833 bits per heavy atom. The lowest BCUT2D eigenvalue weighted by Gasteiger charge is -2.43. The molecule has 0 spiro atoms. The van der Waals surface area contributed by atoms with E-state index in [1.54, 1.807) is 54.7 Å². The number of carbonyl (C=O) groups excluding carboxylic acids is 5. The number of hydrogen-bond donors (Lipinski definition) is 5. The molecule has 29 heteroatoms. The van der Waals surface area contributed by atoms with Gasteiger partial charge in [-0.05, 0) is 98.5 Å². The highest BCUT2D eigenvalue weighted by molar-refractivity contribution is 7.47. The molecule has 2 bridgehead atoms. The molecule has 4 saturated heterocycles. The van der Waals surface area contributed by atoms with Crippen LogP contribution in [0.1, 0.15) is 120 Å². The van der Waals surface area contributed by atoms with Gasteiger partial charge in [0.05, 0.1) is 54.0 Å². The molecule has 5 aliphatic heterocycles. The van der Waals surface area contributed by atoms with Crippen LogP contribution in [0.4, 0.5) is 17.2 Å². The van der Waals surface area contributed by atoms with E-state index >= 15 is 0 Å². The molecule has 512 valence electrons. The Kier molecular flexibility index (Phi) is 22.6. The van der Waals surface area contributed by atoms with Crippen molar-refractivity contribution in [2.24, 2.45) is 5.92 Å². The Bertz CT molecular complexity index is 3640. The van der Waals surface area contributed by atoms with Gasteiger partial charge in [0.25, 0.3) is 17.7 Å². The van der Waals surface area contributed by atoms with Crippen molar-refractivity contribution in [1.29, 1.82) is 5.26 Å². The minimum absolute atomic E-state index is 0.00654. The molecule has 3 unspecified atom stereocenters. The number of pyridine rings is 1. The van der Waals surface area contributed by atoms with Crippen molar-refractivity contribution < 1.29 is 71.1 Å². The third-order valence-electron chi connectivity index (χ3n) is 18.5. The van der Waals surface area contributed by atoms with Crippen LogP contribution in [-0.2, 0) is 42.3 Å². The first-order valence-electron chi connectivity index (χ1n) is 33.0. The Morgan fingerprint density at radius 2 is 1.58 bits per heavy atom. The van der Waals surface area contributed by atoms with Gasteiger partial charge in [0.1, 0.15) is 30.4 Å². The van der Waals surface area contributed by atoms with Crippen molar-refractivity contribution >= 4 is 54.6 Å². The number of nitriles is 1. The minimum atomic E-state index is -4.57. The van der Waals surface area contributed by atoms with Gasteiger partial charge in [0, 0.05) is 132 Å². The Hall–Kier alpha value is -8.55. The first-order valence-corrected chi connectivity index (χ1v) is 34.5. The van der Waals surface area contributed by atoms with Crippen molar-refractivity contribution in [2.75, 3.05) is 87.9 Å². The number of likely N-dealkylation sites (tertiary alicyclic amines) is 2. The second kappa shape index (κ2) is 31.5. The number of aliphatic hydroxyl groups is 1. The molecule has 2 aromatic carbocycles. The standard InChI is InChI=1S/C67H84N13O15P/c1-42(2)64(67(86)79-40-49(81)32-56(79)66(85)72-43(3)45-14-12-44(37-68)13-15-45)58-36-61(75-95-58)89-30-28-76-26-21-50(22-27-76)93-51-33-52(34-51)94-60-31-46(20-23-71-60)80-47-16-17-48(80)39-77(38-47)55-35-54(73-74-65(55)69)53-9-6-7-10-57(53)90-41-92-96(87,88)91-29-24-70-59(82)11-5-4-8-25-78-62(83)18-19-63(78)84/h6-7,9-10,12-15,18-20,23,31,35-36,42-43,47-52,56,64,81H,4-5,8,11,16-17,21-22,24-30,32-34,38-41H2,1-3H3,(H2,69,74)(H,70,82)(H,72,85)(H,87,88)/t43-,47?,48?,49+,51-,52-,56-,64+/m0/s1. The summed E-state index contributed by atoms with van der Waals surface area (Å²) in [6.45, 7) is 9.09. The molecule has 1 saturated carbocycles. The fourth-order valence-corrected chi connectivity index (χ4v) is 14.0. The van der Waals surface area contributed by atoms with Crippen LogP contribution in [0.2, 0.25) is 0 Å². The molecule has 7 atom stereocenters. The zero-order chi connectivity index (χ0) is 67.5. The molecule has 6 N–H and O–H groups in total. The minimum Gasteiger partial charge on any atom is -0.474 e. The van der Waals surface area contributed by atoms with Crippen molar-refractivity contribution in [3.05, 3.63) is 108 Å². The lowest BCUT2D eigenvalue weighted by molar-refractivity contribution is -0.141. The Balaban J connectivity index is 0.575. The number of piperidine rings is 1. The molecule has 3 aromatic heterocycles. The summed E-state index contributed by atoms with van der Waals surface area (Å²) < 4.78 is 53.4. The maximum absolute atomic E-state index is 14.2. The number of benzene rings is 2. The predicted octanol–water partition coefficient (Wildman–Crippen LogP) is 5.96. The van der Waals surface area contributed by atoms with Crippen LogP contribution >= 0.6 is 7.82 Å². The SMILES string of the molecule is CC(C)[C@@H](C(=O)N1C[C@H](O)C[C@H]1C(=O)N[C@@H](C)c1ccc(C#N)cc1)c1cc(OCCN2CCC(O[C@H]3C[C@H](Oc4cc(N5C6CCC5CN(c5cc(-c7ccccc7OCOP(=O)(O)OCCNC(=O)CCCCCN7C(=O)C=CC7=O)nnc5N)C6)ccn4)C3)CC2)no1. The van der Waals surface area contributed by atoms with Crippen LogP contribution in [0.15, 0.2) is 95.7 Å². The van der Waals surface area contributed by atoms with Crippen molar-refractivity contribution in [1.82, 2.24) is 45.7 Å². The molecule has 8 heterocycles. The lowest BCUT2D eigenvalue weighted by atomic mass is 9.91. The van der Waals surface area contributed by atoms with E-state index in [4.69, 9.17) is 38.3 Å². The maximum Gasteiger partial charge on any atom is 0.475 e. The number of nitrogens with two attached hydrogens (primary N) is 1. The first kappa shape index (κ1) is 68.8. The summed E-state index contributed by atoms with van der Waals surface area (Å²) in [6.07, 6.45) is 11.0. The van der Waals surface area contributed by atoms with Crippen LogP contribution in [0.3, 0.4) is 0 Å². The predicted molar refractivity (Wildman–Crippen MR) is 349 cm³/mol. The number of aliphatic hydroxyl groups excluding tert-OH is 1. The van der Waals surface area contributed by atoms with E-state index < -0.39 is 32.7 Å². The van der Waals surface area contributed by atoms with Gasteiger partial charge in [-0.3, -0.25) is 38.3 Å². The number of aromatic nitrogens is 4. The summed E-state index contributed by atoms with van der Waals surface area (Å²) in [5.41, 5.74) is 10.7. The highest BCUT2D eigenvalue weighted by atomic mass is 31.2. The van der Waals surface area contributed by atoms with E-state index in [2.05, 4.69) is 51.7 Å². The number of rotatable bonds is 31. The largest absolute Gasteiger partial charge is 0.475 e. The third-order valence-corrected chi connectivity index (χ3v) is 19.5. The number of fused-ring (bicyclic) bond motifs is 2. The zero-order valence-corrected chi connectivity index (χ0v) is 55.1. The third kappa shape index (κ3) is 17.3. The number of phosphoric acid groups is 1. The molecule has 1 aliphatic carbocycles. The van der Waals surface area contributed by atoms with E-state index in [0.717, 1.165) is 73.5 Å². The Labute approximate surface area is 556 Å². The average molecular weight is 1340 g/mol. The first-order chi connectivity index (χ1) is 46.3. The van der Waals surface area contributed by atoms with Crippen LogP contribution in [0.25, 0.3) is 11.3 Å². The number of unbranched alkanes of at least 4 members (excludes halogenated alkanes) is 2. The number of nitrogens with zero attached hydrogens (tertiary/aromatic N) is 10. The number of para-hydroxylation sites is 1. The molecule has 5 fully saturated rings. The molecule has 5 amide bonds. The zero-order valence-electron chi connectivity index (χ0n) is 54.2. The summed E-state index contributed by atoms with van der Waals surface area (Å²) in [7, 11) is -4.57. The van der Waals surface area contributed by atoms with E-state index in [1.165, 1.54) is 17.1 Å². The summed E-state index contributed by atoms with van der Waals surface area (Å²) >= 11 is 0. The van der Waals surface area contributed by atoms with Crippen LogP contribution in [0, 0.1) is 17.2 Å². The maximum atomic E-state index is 14.2. The molecule has 11 rings (SSSR count). The van der Waals surface area contributed by atoms with Gasteiger partial charge in [0.15, 0.2) is 18.4 Å². The smallest absolute Gasteiger partial charge is 0.474 e. The van der Waals surface area contributed by atoms with E-state index in [0.29, 0.717) is 86.3 Å². The topological polar surface area (TPSA) is 353 Å². The molecule has 0 radical (unpaired) electrons. The number of imide groups is 1. The number of nitrogens with one attached hydrogen (secondary N) is 2. The molecular weight excluding hydrogens is 1260 g/mol. The van der Waals surface area contributed by atoms with Gasteiger partial charge >= 0.3 is 7.82 Å². The second-order valence-corrected chi connectivity index (χ2v) is 27.0. The Morgan fingerprint density at radius 3 is 2.32 bits per heavy atom. The number of nitrogen functional groups attached to an aromatic ring is 1. The number of anilines is 3. The van der Waals surface area contributed by atoms with Crippen molar-refractivity contribution in [3.8, 4) is 34.8 Å². The van der Waals surface area contributed by atoms with Crippen LogP contribution in [0.5, 0.6) is 17.5 Å². The summed E-state index contributed by atoms with van der Waals surface area (Å²) in [5.74, 6) is -0.843. The highest BCUT2D eigenvalue weighted by Crippen LogP contribution is 2.44. The number of hydrogen-bond acceptors (Lipinski definition) is 23. The number of phosphoric ester groups is 1. The monoisotopic (exact) mass is 1340 g/mol. The van der Waals surface area contributed by atoms with Gasteiger partial charge in [-0.15, -0.1) is 10.2 Å². The molecular formula is C67H84N13O15P. The number of ether oxygens (including phenoxy) is 4. The van der Waals surface area contributed by atoms with Gasteiger partial charge in [-0.1, -0.05) is 44.5 Å². The van der Waals surface area contributed by atoms with Crippen LogP contribution in [-0.4, -0.2) is 189 Å². The van der Waals surface area contributed by atoms with Crippen LogP contribution < -0.4 is 40.4 Å². The van der Waals surface area contributed by atoms with Crippen molar-refractivity contribution in [2.45, 2.75) is 146 Å². The summed E-state index contributed by atoms with van der Waals surface area (Å²) in [4.78, 5) is 88.0. The molecule has 96 heavy (non-hydrogen) atoms. The summed E-state index contributed by atoms with van der Waals surface area (Å²) in [5, 5.41) is 38.3. The average Bonchev–Trinajstić information content (AvgIpc) is 1.42. The molecule has 5 aromatic rings. The fourth-order valence-electron chi connectivity index (χ4n) is 13.4. The summed E-state index contributed by atoms with van der Waals surface area (Å²) in [6, 6.07) is 22.7. The second-order valence-electron chi connectivity index (χ2n) is 25.6. The highest BCUT2D eigenvalue weighted by Gasteiger charge is 2.45. The van der Waals surface area contributed by atoms with Gasteiger partial charge in [-0.25, -0.2) is 14.1 Å². The van der Waals surface area contributed by atoms with Gasteiger partial charge in [-0.2, -0.15) is 5.26 Å². The number of β-amino-alcohol motifs (C(OH)–C–C–N with tert-alkyl or cyclic N) is 1. The number of piperazine rings is 1. The molecule has 28 nitrogen and oxygen atoms in total. The van der Waals surface area contributed by atoms with E-state index in [9.17, 15) is 43.8 Å². The van der Waals surface area contributed by atoms with E-state index in [1.807, 2.05) is 45.0 Å². The molecule has 6 aliphatic rings. The number of carbonyl (C=O) groups is 5. The van der Waals surface area contributed by atoms with E-state index in [-0.39, 0.29) is 116 Å². The quantitative estimate of drug-likeness (QED) is 0.0148. The normalized spacial score (nSPS) is 22.4. The van der Waals surface area contributed by atoms with Gasteiger partial charge in [0.2, 0.25) is 23.6 Å².